The summed E-state index contributed by atoms with van der Waals surface area (Å²) in [7, 11) is 0. The average molecular weight is 415 g/mol. The molecule has 156 valence electrons. The SMILES string of the molecule is CC(C)c1ccc(N2CC(c3nc(-c4ccc(C(F)(F)F)cc4)no3)CC2=O)cc1. The highest BCUT2D eigenvalue weighted by atomic mass is 19.4. The van der Waals surface area contributed by atoms with Gasteiger partial charge in [0, 0.05) is 24.2 Å². The molecule has 1 aliphatic heterocycles. The van der Waals surface area contributed by atoms with Gasteiger partial charge in [0.25, 0.3) is 0 Å². The summed E-state index contributed by atoms with van der Waals surface area (Å²) in [5.41, 5.74) is 1.69. The fraction of sp³-hybridized carbons (Fsp3) is 0.318. The van der Waals surface area contributed by atoms with Crippen LogP contribution < -0.4 is 4.90 Å². The van der Waals surface area contributed by atoms with E-state index in [1.54, 1.807) is 4.90 Å². The van der Waals surface area contributed by atoms with Crippen LogP contribution in [0.1, 0.15) is 49.1 Å². The fourth-order valence-corrected chi connectivity index (χ4v) is 3.49. The Labute approximate surface area is 171 Å². The van der Waals surface area contributed by atoms with Crippen molar-refractivity contribution in [2.24, 2.45) is 0 Å². The van der Waals surface area contributed by atoms with Crippen molar-refractivity contribution in [2.45, 2.75) is 38.3 Å². The van der Waals surface area contributed by atoms with Crippen molar-refractivity contribution < 1.29 is 22.5 Å². The second-order valence-electron chi connectivity index (χ2n) is 7.68. The van der Waals surface area contributed by atoms with Gasteiger partial charge >= 0.3 is 6.18 Å². The van der Waals surface area contributed by atoms with Crippen LogP contribution in [0.25, 0.3) is 11.4 Å². The van der Waals surface area contributed by atoms with Gasteiger partial charge < -0.3 is 9.42 Å². The zero-order valence-electron chi connectivity index (χ0n) is 16.5. The number of anilines is 1. The Hall–Kier alpha value is -3.16. The highest BCUT2D eigenvalue weighted by Gasteiger charge is 2.35. The third kappa shape index (κ3) is 3.94. The Morgan fingerprint density at radius 3 is 2.33 bits per heavy atom. The molecule has 1 fully saturated rings. The second-order valence-corrected chi connectivity index (χ2v) is 7.68. The molecule has 3 aromatic rings. The van der Waals surface area contributed by atoms with E-state index in [0.717, 1.165) is 17.8 Å². The van der Waals surface area contributed by atoms with Gasteiger partial charge in [-0.1, -0.05) is 43.3 Å². The normalized spacial score (nSPS) is 17.2. The van der Waals surface area contributed by atoms with Gasteiger partial charge in [-0.15, -0.1) is 0 Å². The number of hydrogen-bond donors (Lipinski definition) is 0. The van der Waals surface area contributed by atoms with Crippen molar-refractivity contribution in [1.82, 2.24) is 10.1 Å². The number of halogens is 3. The van der Waals surface area contributed by atoms with E-state index in [2.05, 4.69) is 24.0 Å². The van der Waals surface area contributed by atoms with Gasteiger partial charge in [-0.3, -0.25) is 4.79 Å². The molecule has 1 aromatic heterocycles. The third-order valence-electron chi connectivity index (χ3n) is 5.26. The number of benzene rings is 2. The topological polar surface area (TPSA) is 59.2 Å². The van der Waals surface area contributed by atoms with Crippen molar-refractivity contribution in [2.75, 3.05) is 11.4 Å². The Morgan fingerprint density at radius 1 is 1.07 bits per heavy atom. The lowest BCUT2D eigenvalue weighted by atomic mass is 10.0. The van der Waals surface area contributed by atoms with Crippen LogP contribution in [0, 0.1) is 0 Å². The number of aromatic nitrogens is 2. The molecule has 2 aromatic carbocycles. The molecule has 8 heteroatoms. The summed E-state index contributed by atoms with van der Waals surface area (Å²) in [5, 5.41) is 3.88. The van der Waals surface area contributed by atoms with Crippen LogP contribution in [0.3, 0.4) is 0 Å². The predicted molar refractivity (Wildman–Crippen MR) is 105 cm³/mol. The molecular formula is C22H20F3N3O2. The third-order valence-corrected chi connectivity index (χ3v) is 5.26. The van der Waals surface area contributed by atoms with Gasteiger partial charge in [-0.2, -0.15) is 18.2 Å². The average Bonchev–Trinajstić information content (AvgIpc) is 3.34. The fourth-order valence-electron chi connectivity index (χ4n) is 3.49. The highest BCUT2D eigenvalue weighted by molar-refractivity contribution is 5.96. The quantitative estimate of drug-likeness (QED) is 0.573. The van der Waals surface area contributed by atoms with Crippen LogP contribution in [-0.4, -0.2) is 22.6 Å². The Morgan fingerprint density at radius 2 is 1.73 bits per heavy atom. The standard InChI is InChI=1S/C22H20F3N3O2/c1-13(2)14-5-9-18(10-6-14)28-12-16(11-19(28)29)21-26-20(27-30-21)15-3-7-17(8-4-15)22(23,24)25/h3-10,13,16H,11-12H2,1-2H3. The first-order chi connectivity index (χ1) is 14.2. The lowest BCUT2D eigenvalue weighted by Gasteiger charge is -2.17. The molecule has 0 N–H and O–H groups in total. The number of carbonyl (C=O) groups excluding carboxylic acids is 1. The monoisotopic (exact) mass is 415 g/mol. The summed E-state index contributed by atoms with van der Waals surface area (Å²) in [6.07, 6.45) is -4.16. The molecule has 2 heterocycles. The van der Waals surface area contributed by atoms with E-state index < -0.39 is 11.7 Å². The predicted octanol–water partition coefficient (Wildman–Crippen LogP) is 5.40. The summed E-state index contributed by atoms with van der Waals surface area (Å²) < 4.78 is 43.5. The van der Waals surface area contributed by atoms with Crippen LogP contribution in [0.5, 0.6) is 0 Å². The summed E-state index contributed by atoms with van der Waals surface area (Å²) in [4.78, 5) is 18.5. The molecular weight excluding hydrogens is 395 g/mol. The van der Waals surface area contributed by atoms with Gasteiger partial charge in [-0.05, 0) is 35.7 Å². The first-order valence-electron chi connectivity index (χ1n) is 9.64. The number of nitrogens with zero attached hydrogens (tertiary/aromatic N) is 3. The molecule has 0 bridgehead atoms. The molecule has 0 spiro atoms. The maximum absolute atomic E-state index is 12.7. The van der Waals surface area contributed by atoms with E-state index in [1.807, 2.05) is 24.3 Å². The maximum atomic E-state index is 12.7. The summed E-state index contributed by atoms with van der Waals surface area (Å²) >= 11 is 0. The molecule has 30 heavy (non-hydrogen) atoms. The molecule has 4 rings (SSSR count). The lowest BCUT2D eigenvalue weighted by Crippen LogP contribution is -2.24. The minimum absolute atomic E-state index is 0.0356. The van der Waals surface area contributed by atoms with Crippen molar-refractivity contribution >= 4 is 11.6 Å². The van der Waals surface area contributed by atoms with E-state index in [9.17, 15) is 18.0 Å². The van der Waals surface area contributed by atoms with Crippen molar-refractivity contribution in [3.8, 4) is 11.4 Å². The molecule has 1 saturated heterocycles. The van der Waals surface area contributed by atoms with Gasteiger partial charge in [0.1, 0.15) is 0 Å². The molecule has 0 radical (unpaired) electrons. The summed E-state index contributed by atoms with van der Waals surface area (Å²) in [6.45, 7) is 4.63. The zero-order valence-corrected chi connectivity index (χ0v) is 16.5. The number of carbonyl (C=O) groups is 1. The van der Waals surface area contributed by atoms with Crippen LogP contribution in [0.4, 0.5) is 18.9 Å². The molecule has 1 aliphatic rings. The van der Waals surface area contributed by atoms with E-state index in [0.29, 0.717) is 23.9 Å². The molecule has 0 aliphatic carbocycles. The van der Waals surface area contributed by atoms with Crippen LogP contribution >= 0.6 is 0 Å². The van der Waals surface area contributed by atoms with Gasteiger partial charge in [-0.25, -0.2) is 0 Å². The molecule has 5 nitrogen and oxygen atoms in total. The largest absolute Gasteiger partial charge is 0.416 e. The van der Waals surface area contributed by atoms with E-state index in [1.165, 1.54) is 17.7 Å². The number of hydrogen-bond acceptors (Lipinski definition) is 4. The minimum atomic E-state index is -4.40. The summed E-state index contributed by atoms with van der Waals surface area (Å²) in [6, 6.07) is 12.4. The van der Waals surface area contributed by atoms with Gasteiger partial charge in [0.05, 0.1) is 11.5 Å². The Balaban J connectivity index is 1.49. The Kier molecular flexibility index (Phi) is 5.09. The van der Waals surface area contributed by atoms with E-state index >= 15 is 0 Å². The smallest absolute Gasteiger partial charge is 0.339 e. The van der Waals surface area contributed by atoms with Crippen LogP contribution in [-0.2, 0) is 11.0 Å². The minimum Gasteiger partial charge on any atom is -0.339 e. The Bertz CT molecular complexity index is 1040. The van der Waals surface area contributed by atoms with Crippen molar-refractivity contribution in [3.05, 3.63) is 65.5 Å². The first kappa shape index (κ1) is 20.1. The molecule has 0 saturated carbocycles. The van der Waals surface area contributed by atoms with Gasteiger partial charge in [0.15, 0.2) is 0 Å². The molecule has 1 amide bonds. The highest BCUT2D eigenvalue weighted by Crippen LogP contribution is 2.33. The zero-order chi connectivity index (χ0) is 21.5. The van der Waals surface area contributed by atoms with Gasteiger partial charge in [0.2, 0.25) is 17.6 Å². The summed E-state index contributed by atoms with van der Waals surface area (Å²) in [5.74, 6) is 0.609. The van der Waals surface area contributed by atoms with Crippen molar-refractivity contribution in [1.29, 1.82) is 0 Å². The lowest BCUT2D eigenvalue weighted by molar-refractivity contribution is -0.137. The van der Waals surface area contributed by atoms with E-state index in [-0.39, 0.29) is 24.1 Å². The van der Waals surface area contributed by atoms with Crippen LogP contribution in [0.15, 0.2) is 53.1 Å². The number of rotatable bonds is 4. The van der Waals surface area contributed by atoms with Crippen LogP contribution in [0.2, 0.25) is 0 Å². The van der Waals surface area contributed by atoms with Crippen molar-refractivity contribution in [3.63, 3.8) is 0 Å². The maximum Gasteiger partial charge on any atom is 0.416 e. The second kappa shape index (κ2) is 7.59. The number of amides is 1. The molecule has 1 unspecified atom stereocenters. The first-order valence-corrected chi connectivity index (χ1v) is 9.64. The number of alkyl halides is 3. The van der Waals surface area contributed by atoms with E-state index in [4.69, 9.17) is 4.52 Å². The molecule has 1 atom stereocenters.